The molecule has 0 spiro atoms. The van der Waals surface area contributed by atoms with Crippen LogP contribution in [0.2, 0.25) is 0 Å². The van der Waals surface area contributed by atoms with Crippen LogP contribution in [0.3, 0.4) is 0 Å². The fourth-order valence-corrected chi connectivity index (χ4v) is 3.21. The van der Waals surface area contributed by atoms with E-state index in [2.05, 4.69) is 17.9 Å². The Bertz CT molecular complexity index is 487. The number of methoxy groups -OCH3 is 1. The zero-order valence-corrected chi connectivity index (χ0v) is 13.2. The smallest absolute Gasteiger partial charge is 0.129 e. The first-order valence-corrected chi connectivity index (χ1v) is 7.91. The van der Waals surface area contributed by atoms with Crippen molar-refractivity contribution in [1.29, 1.82) is 5.41 Å². The van der Waals surface area contributed by atoms with E-state index in [1.165, 1.54) is 44.2 Å². The Hall–Kier alpha value is -1.55. The van der Waals surface area contributed by atoms with Gasteiger partial charge in [0.15, 0.2) is 0 Å². The molecule has 4 nitrogen and oxygen atoms in total. The number of rotatable bonds is 5. The molecule has 116 valence electrons. The second kappa shape index (κ2) is 7.46. The molecular formula is C17H27N3O. The Morgan fingerprint density at radius 1 is 1.38 bits per heavy atom. The summed E-state index contributed by atoms with van der Waals surface area (Å²) in [6, 6.07) is 6.68. The van der Waals surface area contributed by atoms with Crippen molar-refractivity contribution < 1.29 is 4.74 Å². The van der Waals surface area contributed by atoms with Gasteiger partial charge in [0.05, 0.1) is 12.7 Å². The molecule has 0 bridgehead atoms. The SMILES string of the molecule is CCC1CCCCCN1Cc1ccc(OC)c(C(=N)N)c1. The second-order valence-corrected chi connectivity index (χ2v) is 5.83. The van der Waals surface area contributed by atoms with Gasteiger partial charge >= 0.3 is 0 Å². The number of amidine groups is 1. The standard InChI is InChI=1S/C17H27N3O/c1-3-14-7-5-4-6-10-20(14)12-13-8-9-16(21-2)15(11-13)17(18)19/h8-9,11,14H,3-7,10,12H2,1-2H3,(H3,18,19). The average molecular weight is 289 g/mol. The summed E-state index contributed by atoms with van der Waals surface area (Å²) in [4.78, 5) is 2.58. The van der Waals surface area contributed by atoms with Gasteiger partial charge in [0.1, 0.15) is 11.6 Å². The highest BCUT2D eigenvalue weighted by atomic mass is 16.5. The molecule has 1 atom stereocenters. The fourth-order valence-electron chi connectivity index (χ4n) is 3.21. The van der Waals surface area contributed by atoms with Crippen molar-refractivity contribution in [2.45, 2.75) is 51.6 Å². The molecule has 1 aromatic carbocycles. The molecule has 3 N–H and O–H groups in total. The lowest BCUT2D eigenvalue weighted by Gasteiger charge is -2.29. The highest BCUT2D eigenvalue weighted by Crippen LogP contribution is 2.24. The number of nitrogen functional groups attached to an aromatic ring is 1. The Labute approximate surface area is 127 Å². The van der Waals surface area contributed by atoms with Crippen molar-refractivity contribution in [2.24, 2.45) is 5.73 Å². The molecule has 0 saturated carbocycles. The fraction of sp³-hybridized carbons (Fsp3) is 0.588. The Balaban J connectivity index is 2.17. The molecule has 0 aromatic heterocycles. The molecule has 1 fully saturated rings. The van der Waals surface area contributed by atoms with Crippen molar-refractivity contribution in [3.63, 3.8) is 0 Å². The van der Waals surface area contributed by atoms with Crippen molar-refractivity contribution in [3.05, 3.63) is 29.3 Å². The van der Waals surface area contributed by atoms with Crippen molar-refractivity contribution in [1.82, 2.24) is 4.90 Å². The van der Waals surface area contributed by atoms with Gasteiger partial charge in [-0.25, -0.2) is 0 Å². The minimum atomic E-state index is 0.0663. The Kier molecular flexibility index (Phi) is 5.62. The van der Waals surface area contributed by atoms with Crippen LogP contribution in [0, 0.1) is 5.41 Å². The molecule has 1 heterocycles. The summed E-state index contributed by atoms with van der Waals surface area (Å²) in [5.41, 5.74) is 7.56. The quantitative estimate of drug-likeness (QED) is 0.646. The van der Waals surface area contributed by atoms with Crippen LogP contribution in [0.25, 0.3) is 0 Å². The van der Waals surface area contributed by atoms with Gasteiger partial charge in [0.2, 0.25) is 0 Å². The monoisotopic (exact) mass is 289 g/mol. The predicted octanol–water partition coefficient (Wildman–Crippen LogP) is 3.13. The third-order valence-electron chi connectivity index (χ3n) is 4.41. The molecule has 1 saturated heterocycles. The van der Waals surface area contributed by atoms with E-state index < -0.39 is 0 Å². The minimum Gasteiger partial charge on any atom is -0.496 e. The molecule has 1 aliphatic rings. The van der Waals surface area contributed by atoms with Gasteiger partial charge in [-0.05, 0) is 43.5 Å². The highest BCUT2D eigenvalue weighted by molar-refractivity contribution is 5.97. The van der Waals surface area contributed by atoms with Crippen LogP contribution in [0.4, 0.5) is 0 Å². The number of nitrogens with zero attached hydrogens (tertiary/aromatic N) is 1. The summed E-state index contributed by atoms with van der Waals surface area (Å²) in [5.74, 6) is 0.741. The molecule has 21 heavy (non-hydrogen) atoms. The number of likely N-dealkylation sites (tertiary alicyclic amines) is 1. The summed E-state index contributed by atoms with van der Waals surface area (Å²) in [5, 5.41) is 7.69. The first-order chi connectivity index (χ1) is 10.2. The lowest BCUT2D eigenvalue weighted by atomic mass is 10.1. The van der Waals surface area contributed by atoms with E-state index in [9.17, 15) is 0 Å². The van der Waals surface area contributed by atoms with Gasteiger partial charge in [-0.15, -0.1) is 0 Å². The topological polar surface area (TPSA) is 62.3 Å². The maximum Gasteiger partial charge on any atom is 0.129 e. The van der Waals surface area contributed by atoms with E-state index in [0.29, 0.717) is 17.4 Å². The lowest BCUT2D eigenvalue weighted by Crippen LogP contribution is -2.33. The van der Waals surface area contributed by atoms with Gasteiger partial charge < -0.3 is 10.5 Å². The summed E-state index contributed by atoms with van der Waals surface area (Å²) >= 11 is 0. The maximum atomic E-state index is 7.69. The van der Waals surface area contributed by atoms with Crippen LogP contribution in [-0.2, 0) is 6.54 Å². The summed E-state index contributed by atoms with van der Waals surface area (Å²) in [6.45, 7) is 4.38. The van der Waals surface area contributed by atoms with E-state index in [-0.39, 0.29) is 5.84 Å². The summed E-state index contributed by atoms with van der Waals surface area (Å²) < 4.78 is 5.28. The Morgan fingerprint density at radius 2 is 2.19 bits per heavy atom. The van der Waals surface area contributed by atoms with Crippen molar-refractivity contribution in [2.75, 3.05) is 13.7 Å². The molecule has 0 aliphatic carbocycles. The largest absolute Gasteiger partial charge is 0.496 e. The number of hydrogen-bond acceptors (Lipinski definition) is 3. The number of nitrogens with two attached hydrogens (primary N) is 1. The molecule has 0 amide bonds. The highest BCUT2D eigenvalue weighted by Gasteiger charge is 2.20. The number of nitrogens with one attached hydrogen (secondary N) is 1. The first-order valence-electron chi connectivity index (χ1n) is 7.91. The maximum absolute atomic E-state index is 7.69. The van der Waals surface area contributed by atoms with Gasteiger partial charge in [-0.3, -0.25) is 10.3 Å². The van der Waals surface area contributed by atoms with Gasteiger partial charge in [-0.1, -0.05) is 25.8 Å². The van der Waals surface area contributed by atoms with E-state index in [4.69, 9.17) is 15.9 Å². The van der Waals surface area contributed by atoms with Crippen LogP contribution in [-0.4, -0.2) is 30.4 Å². The third kappa shape index (κ3) is 3.97. The zero-order chi connectivity index (χ0) is 15.2. The summed E-state index contributed by atoms with van der Waals surface area (Å²) in [6.07, 6.45) is 6.47. The predicted molar refractivity (Wildman–Crippen MR) is 87.0 cm³/mol. The molecular weight excluding hydrogens is 262 g/mol. The normalized spacial score (nSPS) is 20.0. The first kappa shape index (κ1) is 15.8. The van der Waals surface area contributed by atoms with E-state index in [1.807, 2.05) is 12.1 Å². The number of ether oxygens (including phenoxy) is 1. The molecule has 2 rings (SSSR count). The van der Waals surface area contributed by atoms with Crippen molar-refractivity contribution in [3.8, 4) is 5.75 Å². The average Bonchev–Trinajstić information content (AvgIpc) is 2.72. The molecule has 0 radical (unpaired) electrons. The van der Waals surface area contributed by atoms with Crippen LogP contribution in [0.1, 0.15) is 50.2 Å². The van der Waals surface area contributed by atoms with Crippen LogP contribution in [0.5, 0.6) is 5.75 Å². The second-order valence-electron chi connectivity index (χ2n) is 5.83. The Morgan fingerprint density at radius 3 is 2.86 bits per heavy atom. The zero-order valence-electron chi connectivity index (χ0n) is 13.2. The van der Waals surface area contributed by atoms with Gasteiger partial charge in [-0.2, -0.15) is 0 Å². The van der Waals surface area contributed by atoms with Crippen molar-refractivity contribution >= 4 is 5.84 Å². The van der Waals surface area contributed by atoms with Crippen LogP contribution >= 0.6 is 0 Å². The number of benzene rings is 1. The number of hydrogen-bond donors (Lipinski definition) is 2. The van der Waals surface area contributed by atoms with Gasteiger partial charge in [0.25, 0.3) is 0 Å². The lowest BCUT2D eigenvalue weighted by molar-refractivity contribution is 0.186. The molecule has 1 aromatic rings. The van der Waals surface area contributed by atoms with E-state index in [0.717, 1.165) is 6.54 Å². The van der Waals surface area contributed by atoms with Gasteiger partial charge in [0, 0.05) is 12.6 Å². The molecule has 1 aliphatic heterocycles. The molecule has 1 unspecified atom stereocenters. The minimum absolute atomic E-state index is 0.0663. The third-order valence-corrected chi connectivity index (χ3v) is 4.41. The van der Waals surface area contributed by atoms with E-state index in [1.54, 1.807) is 7.11 Å². The summed E-state index contributed by atoms with van der Waals surface area (Å²) in [7, 11) is 1.61. The van der Waals surface area contributed by atoms with Crippen LogP contribution < -0.4 is 10.5 Å². The van der Waals surface area contributed by atoms with Crippen LogP contribution in [0.15, 0.2) is 18.2 Å². The van der Waals surface area contributed by atoms with E-state index >= 15 is 0 Å². The molecule has 4 heteroatoms.